The van der Waals surface area contributed by atoms with Gasteiger partial charge in [-0.3, -0.25) is 4.79 Å². The van der Waals surface area contributed by atoms with Crippen LogP contribution in [-0.2, 0) is 0 Å². The van der Waals surface area contributed by atoms with E-state index in [2.05, 4.69) is 0 Å². The number of rotatable bonds is 4. The number of benzene rings is 1. The molecule has 0 radical (unpaired) electrons. The maximum absolute atomic E-state index is 11.6. The van der Waals surface area contributed by atoms with Gasteiger partial charge < -0.3 is 4.74 Å². The third kappa shape index (κ3) is 2.59. The highest BCUT2D eigenvalue weighted by Gasteiger charge is 2.18. The zero-order valence-corrected chi connectivity index (χ0v) is 8.80. The Morgan fingerprint density at radius 1 is 1.31 bits per heavy atom. The molecule has 16 heavy (non-hydrogen) atoms. The minimum atomic E-state index is -1.24. The number of ketones is 1. The van der Waals surface area contributed by atoms with Crippen LogP contribution in [0.1, 0.15) is 17.3 Å². The van der Waals surface area contributed by atoms with Crippen LogP contribution in [0.15, 0.2) is 24.3 Å². The van der Waals surface area contributed by atoms with Crippen molar-refractivity contribution in [2.45, 2.75) is 6.92 Å². The molecule has 4 heteroatoms. The largest absolute Gasteiger partial charge is 0.494 e. The summed E-state index contributed by atoms with van der Waals surface area (Å²) in [6, 6.07) is 9.68. The molecule has 1 aromatic rings. The molecule has 0 fully saturated rings. The summed E-state index contributed by atoms with van der Waals surface area (Å²) in [5.41, 5.74) is 0.344. The van der Waals surface area contributed by atoms with Gasteiger partial charge >= 0.3 is 0 Å². The van der Waals surface area contributed by atoms with E-state index < -0.39 is 11.7 Å². The van der Waals surface area contributed by atoms with Gasteiger partial charge in [-0.2, -0.15) is 10.5 Å². The van der Waals surface area contributed by atoms with Crippen molar-refractivity contribution in [1.29, 1.82) is 10.5 Å². The van der Waals surface area contributed by atoms with Crippen LogP contribution in [0, 0.1) is 28.6 Å². The fraction of sp³-hybridized carbons (Fsp3) is 0.250. The van der Waals surface area contributed by atoms with E-state index in [4.69, 9.17) is 15.3 Å². The zero-order valence-electron chi connectivity index (χ0n) is 8.80. The summed E-state index contributed by atoms with van der Waals surface area (Å²) in [5, 5.41) is 17.2. The monoisotopic (exact) mass is 214 g/mol. The SMILES string of the molecule is CCOc1ccc(C(=O)C(C#N)C#N)cc1. The Labute approximate surface area is 93.7 Å². The normalized spacial score (nSPS) is 9.25. The topological polar surface area (TPSA) is 73.9 Å². The van der Waals surface area contributed by atoms with Crippen molar-refractivity contribution < 1.29 is 9.53 Å². The first-order chi connectivity index (χ1) is 7.72. The molecule has 0 unspecified atom stereocenters. The van der Waals surface area contributed by atoms with Crippen LogP contribution in [0.25, 0.3) is 0 Å². The molecule has 0 aliphatic carbocycles. The van der Waals surface area contributed by atoms with E-state index in [1.165, 1.54) is 0 Å². The molecule has 1 rings (SSSR count). The van der Waals surface area contributed by atoms with Gasteiger partial charge in [0.25, 0.3) is 0 Å². The van der Waals surface area contributed by atoms with E-state index in [1.54, 1.807) is 36.4 Å². The van der Waals surface area contributed by atoms with Crippen molar-refractivity contribution in [1.82, 2.24) is 0 Å². The molecule has 0 aromatic heterocycles. The summed E-state index contributed by atoms with van der Waals surface area (Å²) in [6.07, 6.45) is 0. The Hall–Kier alpha value is -2.33. The first-order valence-electron chi connectivity index (χ1n) is 4.79. The molecule has 0 N–H and O–H groups in total. The molecule has 0 saturated heterocycles. The van der Waals surface area contributed by atoms with E-state index in [1.807, 2.05) is 6.92 Å². The van der Waals surface area contributed by atoms with Gasteiger partial charge in [-0.05, 0) is 31.2 Å². The second kappa shape index (κ2) is 5.53. The fourth-order valence-corrected chi connectivity index (χ4v) is 1.19. The molecule has 0 saturated carbocycles. The molecule has 0 spiro atoms. The lowest BCUT2D eigenvalue weighted by Crippen LogP contribution is -2.10. The summed E-state index contributed by atoms with van der Waals surface area (Å²) in [4.78, 5) is 11.6. The van der Waals surface area contributed by atoms with E-state index in [0.717, 1.165) is 0 Å². The van der Waals surface area contributed by atoms with Gasteiger partial charge in [0.1, 0.15) is 5.75 Å². The first kappa shape index (κ1) is 11.7. The summed E-state index contributed by atoms with van der Waals surface area (Å²) < 4.78 is 5.21. The lowest BCUT2D eigenvalue weighted by Gasteiger charge is -2.04. The van der Waals surface area contributed by atoms with Crippen LogP contribution >= 0.6 is 0 Å². The van der Waals surface area contributed by atoms with E-state index in [-0.39, 0.29) is 0 Å². The van der Waals surface area contributed by atoms with Gasteiger partial charge in [-0.15, -0.1) is 0 Å². The van der Waals surface area contributed by atoms with Crippen molar-refractivity contribution >= 4 is 5.78 Å². The number of hydrogen-bond acceptors (Lipinski definition) is 4. The van der Waals surface area contributed by atoms with Crippen LogP contribution in [0.3, 0.4) is 0 Å². The van der Waals surface area contributed by atoms with Crippen LogP contribution in [0.2, 0.25) is 0 Å². The summed E-state index contributed by atoms with van der Waals surface area (Å²) >= 11 is 0. The molecule has 0 aliphatic rings. The van der Waals surface area contributed by atoms with Gasteiger partial charge in [0.05, 0.1) is 18.7 Å². The molecule has 0 amide bonds. The first-order valence-corrected chi connectivity index (χ1v) is 4.79. The van der Waals surface area contributed by atoms with Crippen LogP contribution in [0.5, 0.6) is 5.75 Å². The number of hydrogen-bond donors (Lipinski definition) is 0. The maximum Gasteiger partial charge on any atom is 0.195 e. The number of carbonyl (C=O) groups is 1. The molecule has 0 bridgehead atoms. The second-order valence-corrected chi connectivity index (χ2v) is 3.01. The maximum atomic E-state index is 11.6. The predicted molar refractivity (Wildman–Crippen MR) is 56.7 cm³/mol. The molecule has 0 aliphatic heterocycles. The third-order valence-electron chi connectivity index (χ3n) is 1.97. The summed E-state index contributed by atoms with van der Waals surface area (Å²) in [7, 11) is 0. The average Bonchev–Trinajstić information content (AvgIpc) is 2.32. The van der Waals surface area contributed by atoms with E-state index in [9.17, 15) is 4.79 Å². The Balaban J connectivity index is 2.87. The summed E-state index contributed by atoms with van der Waals surface area (Å²) in [5.74, 6) is -1.06. The minimum Gasteiger partial charge on any atom is -0.494 e. The number of nitriles is 2. The van der Waals surface area contributed by atoms with Crippen molar-refractivity contribution in [2.24, 2.45) is 5.92 Å². The Kier molecular flexibility index (Phi) is 4.06. The van der Waals surface area contributed by atoms with Gasteiger partial charge in [-0.1, -0.05) is 0 Å². The molecular weight excluding hydrogens is 204 g/mol. The lowest BCUT2D eigenvalue weighted by atomic mass is 10.0. The van der Waals surface area contributed by atoms with Gasteiger partial charge in [0.15, 0.2) is 11.7 Å². The van der Waals surface area contributed by atoms with E-state index in [0.29, 0.717) is 17.9 Å². The van der Waals surface area contributed by atoms with Crippen molar-refractivity contribution in [3.8, 4) is 17.9 Å². The average molecular weight is 214 g/mol. The molecule has 80 valence electrons. The molecule has 1 aromatic carbocycles. The molecule has 0 heterocycles. The zero-order chi connectivity index (χ0) is 12.0. The van der Waals surface area contributed by atoms with Crippen LogP contribution in [-0.4, -0.2) is 12.4 Å². The Morgan fingerprint density at radius 2 is 1.88 bits per heavy atom. The molecule has 0 atom stereocenters. The highest BCUT2D eigenvalue weighted by atomic mass is 16.5. The standard InChI is InChI=1S/C12H10N2O2/c1-2-16-11-5-3-9(4-6-11)12(15)10(7-13)8-14/h3-6,10H,2H2,1H3. The highest BCUT2D eigenvalue weighted by molar-refractivity contribution is 6.01. The number of carbonyl (C=O) groups excluding carboxylic acids is 1. The predicted octanol–water partition coefficient (Wildman–Crippen LogP) is 1.93. The minimum absolute atomic E-state index is 0.344. The van der Waals surface area contributed by atoms with Crippen molar-refractivity contribution in [2.75, 3.05) is 6.61 Å². The molecule has 4 nitrogen and oxygen atoms in total. The van der Waals surface area contributed by atoms with Gasteiger partial charge in [-0.25, -0.2) is 0 Å². The lowest BCUT2D eigenvalue weighted by molar-refractivity contribution is 0.0971. The van der Waals surface area contributed by atoms with Crippen LogP contribution < -0.4 is 4.74 Å². The number of ether oxygens (including phenoxy) is 1. The number of nitrogens with zero attached hydrogens (tertiary/aromatic N) is 2. The van der Waals surface area contributed by atoms with Gasteiger partial charge in [0, 0.05) is 5.56 Å². The van der Waals surface area contributed by atoms with Gasteiger partial charge in [0.2, 0.25) is 0 Å². The second-order valence-electron chi connectivity index (χ2n) is 3.01. The smallest absolute Gasteiger partial charge is 0.195 e. The Morgan fingerprint density at radius 3 is 2.31 bits per heavy atom. The van der Waals surface area contributed by atoms with E-state index >= 15 is 0 Å². The number of Topliss-reactive ketones (excluding diaryl/α,β-unsaturated/α-hetero) is 1. The molecular formula is C12H10N2O2. The quantitative estimate of drug-likeness (QED) is 0.718. The third-order valence-corrected chi connectivity index (χ3v) is 1.97. The van der Waals surface area contributed by atoms with Crippen LogP contribution in [0.4, 0.5) is 0 Å². The highest BCUT2D eigenvalue weighted by Crippen LogP contribution is 2.14. The fourth-order valence-electron chi connectivity index (χ4n) is 1.19. The van der Waals surface area contributed by atoms with Crippen molar-refractivity contribution in [3.63, 3.8) is 0 Å². The Bertz CT molecular complexity index is 437. The van der Waals surface area contributed by atoms with Crippen molar-refractivity contribution in [3.05, 3.63) is 29.8 Å². The summed E-state index contributed by atoms with van der Waals surface area (Å²) in [6.45, 7) is 2.41.